The number of nitriles is 1. The first-order valence-electron chi connectivity index (χ1n) is 7.25. The minimum absolute atomic E-state index is 0.00851. The van der Waals surface area contributed by atoms with Crippen molar-refractivity contribution in [3.63, 3.8) is 0 Å². The molecular formula is C16H22N4O. The van der Waals surface area contributed by atoms with E-state index in [1.165, 1.54) is 0 Å². The number of amides is 1. The van der Waals surface area contributed by atoms with Crippen LogP contribution >= 0.6 is 0 Å². The first kappa shape index (κ1) is 15.5. The normalized spacial score (nSPS) is 17.2. The van der Waals surface area contributed by atoms with Crippen molar-refractivity contribution in [2.24, 2.45) is 0 Å². The topological polar surface area (TPSA) is 59.4 Å². The number of nitrogens with one attached hydrogen (secondary N) is 1. The van der Waals surface area contributed by atoms with Gasteiger partial charge in [0, 0.05) is 31.9 Å². The second kappa shape index (κ2) is 6.70. The Labute approximate surface area is 126 Å². The molecule has 0 spiro atoms. The number of piperazine rings is 1. The van der Waals surface area contributed by atoms with Gasteiger partial charge in [0.05, 0.1) is 12.6 Å². The number of anilines is 1. The molecule has 1 N–H and O–H groups in total. The largest absolute Gasteiger partial charge is 0.325 e. The molecule has 5 nitrogen and oxygen atoms in total. The van der Waals surface area contributed by atoms with E-state index < -0.39 is 5.54 Å². The van der Waals surface area contributed by atoms with Crippen LogP contribution in [0, 0.1) is 11.3 Å². The van der Waals surface area contributed by atoms with E-state index >= 15 is 0 Å². The van der Waals surface area contributed by atoms with Gasteiger partial charge in [0.25, 0.3) is 0 Å². The summed E-state index contributed by atoms with van der Waals surface area (Å²) in [5, 5.41) is 12.0. The van der Waals surface area contributed by atoms with Crippen LogP contribution in [0.5, 0.6) is 0 Å². The predicted molar refractivity (Wildman–Crippen MR) is 82.8 cm³/mol. The number of para-hydroxylation sites is 1. The van der Waals surface area contributed by atoms with Gasteiger partial charge in [-0.05, 0) is 26.0 Å². The van der Waals surface area contributed by atoms with Crippen LogP contribution in [-0.2, 0) is 4.79 Å². The summed E-state index contributed by atoms with van der Waals surface area (Å²) in [7, 11) is 0. The molecule has 0 aromatic heterocycles. The first-order chi connectivity index (χ1) is 10.0. The fourth-order valence-electron chi connectivity index (χ4n) is 2.46. The van der Waals surface area contributed by atoms with E-state index in [9.17, 15) is 4.79 Å². The van der Waals surface area contributed by atoms with E-state index in [1.54, 1.807) is 0 Å². The lowest BCUT2D eigenvalue weighted by Gasteiger charge is -2.40. The van der Waals surface area contributed by atoms with Gasteiger partial charge < -0.3 is 5.32 Å². The van der Waals surface area contributed by atoms with Crippen molar-refractivity contribution in [2.45, 2.75) is 19.4 Å². The molecule has 5 heteroatoms. The van der Waals surface area contributed by atoms with Crippen LogP contribution in [0.15, 0.2) is 30.3 Å². The van der Waals surface area contributed by atoms with E-state index in [0.29, 0.717) is 6.54 Å². The van der Waals surface area contributed by atoms with Crippen molar-refractivity contribution in [1.29, 1.82) is 5.26 Å². The SMILES string of the molecule is CC(C)(C#N)N1CCN(CC(=O)Nc2ccccc2)CC1. The van der Waals surface area contributed by atoms with Crippen molar-refractivity contribution in [2.75, 3.05) is 38.0 Å². The molecule has 1 aromatic rings. The third-order valence-electron chi connectivity index (χ3n) is 3.86. The van der Waals surface area contributed by atoms with E-state index in [0.717, 1.165) is 31.9 Å². The van der Waals surface area contributed by atoms with Gasteiger partial charge in [-0.25, -0.2) is 0 Å². The molecule has 1 amide bonds. The fraction of sp³-hybridized carbons (Fsp3) is 0.500. The van der Waals surface area contributed by atoms with Gasteiger partial charge in [-0.1, -0.05) is 18.2 Å². The smallest absolute Gasteiger partial charge is 0.238 e. The molecule has 21 heavy (non-hydrogen) atoms. The Morgan fingerprint density at radius 1 is 1.24 bits per heavy atom. The zero-order valence-corrected chi connectivity index (χ0v) is 12.7. The van der Waals surface area contributed by atoms with Crippen LogP contribution in [0.25, 0.3) is 0 Å². The monoisotopic (exact) mass is 286 g/mol. The Morgan fingerprint density at radius 3 is 2.43 bits per heavy atom. The fourth-order valence-corrected chi connectivity index (χ4v) is 2.46. The van der Waals surface area contributed by atoms with Crippen LogP contribution in [0.2, 0.25) is 0 Å². The zero-order valence-electron chi connectivity index (χ0n) is 12.7. The Kier molecular flexibility index (Phi) is 4.94. The van der Waals surface area contributed by atoms with Gasteiger partial charge in [0.1, 0.15) is 5.54 Å². The lowest BCUT2D eigenvalue weighted by molar-refractivity contribution is -0.117. The molecule has 0 radical (unpaired) electrons. The maximum absolute atomic E-state index is 12.0. The summed E-state index contributed by atoms with van der Waals surface area (Å²) in [6.45, 7) is 7.53. The number of carbonyl (C=O) groups is 1. The second-order valence-corrected chi connectivity index (χ2v) is 5.85. The lowest BCUT2D eigenvalue weighted by atomic mass is 10.0. The van der Waals surface area contributed by atoms with Gasteiger partial charge in [0.2, 0.25) is 5.91 Å². The second-order valence-electron chi connectivity index (χ2n) is 5.85. The van der Waals surface area contributed by atoms with Crippen molar-refractivity contribution in [1.82, 2.24) is 9.80 Å². The van der Waals surface area contributed by atoms with Gasteiger partial charge in [-0.3, -0.25) is 14.6 Å². The molecule has 0 bridgehead atoms. The highest BCUT2D eigenvalue weighted by molar-refractivity contribution is 5.92. The summed E-state index contributed by atoms with van der Waals surface area (Å²) in [6.07, 6.45) is 0. The molecule has 1 aliphatic heterocycles. The third kappa shape index (κ3) is 4.28. The summed E-state index contributed by atoms with van der Waals surface area (Å²) in [4.78, 5) is 16.3. The van der Waals surface area contributed by atoms with Crippen LogP contribution in [-0.4, -0.2) is 54.0 Å². The van der Waals surface area contributed by atoms with Gasteiger partial charge >= 0.3 is 0 Å². The molecule has 0 saturated carbocycles. The Morgan fingerprint density at radius 2 is 1.86 bits per heavy atom. The van der Waals surface area contributed by atoms with E-state index in [2.05, 4.69) is 21.2 Å². The van der Waals surface area contributed by atoms with Crippen molar-refractivity contribution in [3.8, 4) is 6.07 Å². The van der Waals surface area contributed by atoms with Crippen molar-refractivity contribution in [3.05, 3.63) is 30.3 Å². The highest BCUT2D eigenvalue weighted by atomic mass is 16.2. The number of rotatable bonds is 4. The Balaban J connectivity index is 1.79. The van der Waals surface area contributed by atoms with E-state index in [4.69, 9.17) is 5.26 Å². The van der Waals surface area contributed by atoms with Crippen molar-refractivity contribution < 1.29 is 4.79 Å². The summed E-state index contributed by atoms with van der Waals surface area (Å²) in [6, 6.07) is 11.8. The summed E-state index contributed by atoms with van der Waals surface area (Å²) in [5.41, 5.74) is 0.394. The molecule has 2 rings (SSSR count). The van der Waals surface area contributed by atoms with E-state index in [-0.39, 0.29) is 5.91 Å². The number of hydrogen-bond acceptors (Lipinski definition) is 4. The molecule has 1 aromatic carbocycles. The van der Waals surface area contributed by atoms with Crippen LogP contribution in [0.1, 0.15) is 13.8 Å². The molecule has 0 atom stereocenters. The highest BCUT2D eigenvalue weighted by Gasteiger charge is 2.30. The van der Waals surface area contributed by atoms with Crippen molar-refractivity contribution >= 4 is 11.6 Å². The van der Waals surface area contributed by atoms with Gasteiger partial charge in [-0.15, -0.1) is 0 Å². The molecule has 1 heterocycles. The molecule has 0 unspecified atom stereocenters. The Hall–Kier alpha value is -1.90. The molecule has 112 valence electrons. The average Bonchev–Trinajstić information content (AvgIpc) is 2.48. The molecule has 1 aliphatic rings. The Bertz CT molecular complexity index is 513. The standard InChI is InChI=1S/C16H22N4O/c1-16(2,13-17)20-10-8-19(9-11-20)12-15(21)18-14-6-4-3-5-7-14/h3-7H,8-12H2,1-2H3,(H,18,21). The average molecular weight is 286 g/mol. The van der Waals surface area contributed by atoms with Crippen LogP contribution in [0.3, 0.4) is 0 Å². The number of carbonyl (C=O) groups excluding carboxylic acids is 1. The van der Waals surface area contributed by atoms with E-state index in [1.807, 2.05) is 44.2 Å². The lowest BCUT2D eigenvalue weighted by Crippen LogP contribution is -2.55. The third-order valence-corrected chi connectivity index (χ3v) is 3.86. The number of hydrogen-bond donors (Lipinski definition) is 1. The van der Waals surface area contributed by atoms with Crippen LogP contribution in [0.4, 0.5) is 5.69 Å². The quantitative estimate of drug-likeness (QED) is 0.912. The highest BCUT2D eigenvalue weighted by Crippen LogP contribution is 2.15. The maximum Gasteiger partial charge on any atom is 0.238 e. The summed E-state index contributed by atoms with van der Waals surface area (Å²) >= 11 is 0. The van der Waals surface area contributed by atoms with Gasteiger partial charge in [0.15, 0.2) is 0 Å². The number of nitrogens with zero attached hydrogens (tertiary/aromatic N) is 3. The molecule has 1 saturated heterocycles. The minimum atomic E-state index is -0.432. The predicted octanol–water partition coefficient (Wildman–Crippen LogP) is 1.54. The maximum atomic E-state index is 12.0. The molecule has 1 fully saturated rings. The molecule has 0 aliphatic carbocycles. The molecular weight excluding hydrogens is 264 g/mol. The summed E-state index contributed by atoms with van der Waals surface area (Å²) in [5.74, 6) is 0.00851. The summed E-state index contributed by atoms with van der Waals surface area (Å²) < 4.78 is 0. The van der Waals surface area contributed by atoms with Gasteiger partial charge in [-0.2, -0.15) is 5.26 Å². The first-order valence-corrected chi connectivity index (χ1v) is 7.25. The minimum Gasteiger partial charge on any atom is -0.325 e. The zero-order chi connectivity index (χ0) is 15.3. The van der Waals surface area contributed by atoms with Crippen LogP contribution < -0.4 is 5.32 Å². The number of benzene rings is 1.